The molecule has 0 amide bonds. The van der Waals surface area contributed by atoms with Gasteiger partial charge in [0, 0.05) is 12.0 Å². The van der Waals surface area contributed by atoms with E-state index in [2.05, 4.69) is 51.6 Å². The largest absolute Gasteiger partial charge is 0.462 e. The van der Waals surface area contributed by atoms with E-state index >= 15 is 0 Å². The molecule has 1 aliphatic rings. The molecular formula is C22H31N3O4. The molecule has 1 aromatic heterocycles. The molecule has 0 fully saturated rings. The standard InChI is InChI=1S/C22H31N3O4/c1-14(2)12-27-21-23-20(16-7-8-17-18(10-16)29-13-28-17)25(24-21)19(26)9-15(3)11-22(4,5)6/h7-8,10,14-15H,9,11-13H2,1-6H3. The van der Waals surface area contributed by atoms with E-state index < -0.39 is 0 Å². The van der Waals surface area contributed by atoms with Crippen molar-refractivity contribution >= 4 is 5.91 Å². The van der Waals surface area contributed by atoms with Crippen LogP contribution in [0.1, 0.15) is 59.2 Å². The fraction of sp³-hybridized carbons (Fsp3) is 0.591. The summed E-state index contributed by atoms with van der Waals surface area (Å²) in [6, 6.07) is 5.70. The van der Waals surface area contributed by atoms with Gasteiger partial charge < -0.3 is 14.2 Å². The summed E-state index contributed by atoms with van der Waals surface area (Å²) in [4.78, 5) is 17.6. The van der Waals surface area contributed by atoms with Crippen LogP contribution in [0.5, 0.6) is 17.5 Å². The smallest absolute Gasteiger partial charge is 0.336 e. The van der Waals surface area contributed by atoms with E-state index in [0.29, 0.717) is 36.3 Å². The highest BCUT2D eigenvalue weighted by Gasteiger charge is 2.24. The topological polar surface area (TPSA) is 75.5 Å². The van der Waals surface area contributed by atoms with Crippen LogP contribution in [0.15, 0.2) is 18.2 Å². The predicted octanol–water partition coefficient (Wildman–Crippen LogP) is 4.81. The molecule has 0 saturated heterocycles. The maximum Gasteiger partial charge on any atom is 0.336 e. The lowest BCUT2D eigenvalue weighted by Crippen LogP contribution is -2.20. The Morgan fingerprint density at radius 3 is 2.62 bits per heavy atom. The first kappa shape index (κ1) is 21.1. The van der Waals surface area contributed by atoms with Gasteiger partial charge in [0.1, 0.15) is 0 Å². The van der Waals surface area contributed by atoms with Crippen LogP contribution in [0.4, 0.5) is 0 Å². The summed E-state index contributed by atoms with van der Waals surface area (Å²) in [7, 11) is 0. The second-order valence-corrected chi connectivity index (χ2v) is 9.37. The van der Waals surface area contributed by atoms with Gasteiger partial charge in [-0.05, 0) is 41.9 Å². The summed E-state index contributed by atoms with van der Waals surface area (Å²) < 4.78 is 17.9. The third-order valence-electron chi connectivity index (χ3n) is 4.48. The van der Waals surface area contributed by atoms with Crippen molar-refractivity contribution in [3.8, 4) is 28.9 Å². The molecule has 7 nitrogen and oxygen atoms in total. The SMILES string of the molecule is CC(C)COc1nc(-c2ccc3c(c2)OCO3)n(C(=O)CC(C)CC(C)(C)C)n1. The zero-order chi connectivity index (χ0) is 21.2. The fourth-order valence-corrected chi connectivity index (χ4v) is 3.49. The molecule has 29 heavy (non-hydrogen) atoms. The summed E-state index contributed by atoms with van der Waals surface area (Å²) in [5, 5.41) is 4.36. The average Bonchev–Trinajstić information content (AvgIpc) is 3.24. The number of fused-ring (bicyclic) bond motifs is 1. The van der Waals surface area contributed by atoms with Crippen LogP contribution in [0, 0.1) is 17.3 Å². The number of rotatable bonds is 7. The molecule has 0 saturated carbocycles. The normalized spacial score (nSPS) is 14.3. The number of carbonyl (C=O) groups excluding carboxylic acids is 1. The van der Waals surface area contributed by atoms with Gasteiger partial charge in [0.05, 0.1) is 6.61 Å². The van der Waals surface area contributed by atoms with Crippen LogP contribution < -0.4 is 14.2 Å². The van der Waals surface area contributed by atoms with Crippen molar-refractivity contribution < 1.29 is 19.0 Å². The highest BCUT2D eigenvalue weighted by Crippen LogP contribution is 2.36. The van der Waals surface area contributed by atoms with E-state index in [-0.39, 0.29) is 30.0 Å². The zero-order valence-corrected chi connectivity index (χ0v) is 18.2. The van der Waals surface area contributed by atoms with Gasteiger partial charge in [-0.1, -0.05) is 41.5 Å². The molecule has 1 atom stereocenters. The summed E-state index contributed by atoms with van der Waals surface area (Å²) in [6.45, 7) is 13.4. The first-order valence-corrected chi connectivity index (χ1v) is 10.2. The van der Waals surface area contributed by atoms with Gasteiger partial charge in [-0.25, -0.2) is 0 Å². The van der Waals surface area contributed by atoms with Crippen LogP contribution in [-0.2, 0) is 0 Å². The van der Waals surface area contributed by atoms with Crippen LogP contribution in [0.3, 0.4) is 0 Å². The molecule has 1 unspecified atom stereocenters. The molecule has 0 spiro atoms. The summed E-state index contributed by atoms with van der Waals surface area (Å²) in [5.74, 6) is 2.24. The lowest BCUT2D eigenvalue weighted by atomic mass is 9.84. The maximum atomic E-state index is 13.1. The Morgan fingerprint density at radius 2 is 1.93 bits per heavy atom. The highest BCUT2D eigenvalue weighted by atomic mass is 16.7. The fourth-order valence-electron chi connectivity index (χ4n) is 3.49. The highest BCUT2D eigenvalue weighted by molar-refractivity contribution is 5.82. The van der Waals surface area contributed by atoms with Gasteiger partial charge in [0.2, 0.25) is 12.7 Å². The van der Waals surface area contributed by atoms with E-state index in [0.717, 1.165) is 12.0 Å². The van der Waals surface area contributed by atoms with E-state index in [1.165, 1.54) is 4.68 Å². The molecule has 2 aromatic rings. The van der Waals surface area contributed by atoms with Crippen molar-refractivity contribution in [2.24, 2.45) is 17.3 Å². The predicted molar refractivity (Wildman–Crippen MR) is 110 cm³/mol. The number of aromatic nitrogens is 3. The van der Waals surface area contributed by atoms with E-state index in [1.807, 2.05) is 18.2 Å². The molecule has 0 radical (unpaired) electrons. The van der Waals surface area contributed by atoms with Crippen LogP contribution in [-0.4, -0.2) is 34.1 Å². The van der Waals surface area contributed by atoms with Gasteiger partial charge >= 0.3 is 6.01 Å². The lowest BCUT2D eigenvalue weighted by molar-refractivity contribution is 0.0855. The molecular weight excluding hydrogens is 370 g/mol. The van der Waals surface area contributed by atoms with Gasteiger partial charge in [0.15, 0.2) is 17.3 Å². The molecule has 158 valence electrons. The Kier molecular flexibility index (Phi) is 6.15. The van der Waals surface area contributed by atoms with Crippen molar-refractivity contribution in [3.63, 3.8) is 0 Å². The number of nitrogens with zero attached hydrogens (tertiary/aromatic N) is 3. The van der Waals surface area contributed by atoms with Crippen molar-refractivity contribution in [1.82, 2.24) is 14.8 Å². The first-order valence-electron chi connectivity index (χ1n) is 10.2. The lowest BCUT2D eigenvalue weighted by Gasteiger charge is -2.22. The minimum absolute atomic E-state index is 0.0960. The Labute approximate surface area is 172 Å². The number of ether oxygens (including phenoxy) is 3. The third-order valence-corrected chi connectivity index (χ3v) is 4.48. The van der Waals surface area contributed by atoms with Gasteiger partial charge in [-0.15, -0.1) is 5.10 Å². The molecule has 7 heteroatoms. The molecule has 2 heterocycles. The average molecular weight is 402 g/mol. The summed E-state index contributed by atoms with van der Waals surface area (Å²) in [6.07, 6.45) is 1.34. The monoisotopic (exact) mass is 401 g/mol. The molecule has 0 aliphatic carbocycles. The van der Waals surface area contributed by atoms with Crippen molar-refractivity contribution in [1.29, 1.82) is 0 Å². The summed E-state index contributed by atoms with van der Waals surface area (Å²) >= 11 is 0. The van der Waals surface area contributed by atoms with Crippen molar-refractivity contribution in [3.05, 3.63) is 18.2 Å². The van der Waals surface area contributed by atoms with Gasteiger partial charge in [0.25, 0.3) is 0 Å². The molecule has 3 rings (SSSR count). The number of hydrogen-bond donors (Lipinski definition) is 0. The Hall–Kier alpha value is -2.57. The third kappa shape index (κ3) is 5.49. The van der Waals surface area contributed by atoms with Crippen LogP contribution in [0.25, 0.3) is 11.4 Å². The van der Waals surface area contributed by atoms with E-state index in [1.54, 1.807) is 0 Å². The van der Waals surface area contributed by atoms with Crippen LogP contribution in [0.2, 0.25) is 0 Å². The Balaban J connectivity index is 1.88. The van der Waals surface area contributed by atoms with Gasteiger partial charge in [-0.3, -0.25) is 4.79 Å². The minimum atomic E-state index is -0.0960. The zero-order valence-electron chi connectivity index (χ0n) is 18.2. The molecule has 1 aliphatic heterocycles. The number of hydrogen-bond acceptors (Lipinski definition) is 6. The van der Waals surface area contributed by atoms with E-state index in [9.17, 15) is 4.79 Å². The Bertz CT molecular complexity index is 867. The molecule has 1 aromatic carbocycles. The minimum Gasteiger partial charge on any atom is -0.462 e. The second-order valence-electron chi connectivity index (χ2n) is 9.37. The summed E-state index contributed by atoms with van der Waals surface area (Å²) in [5.41, 5.74) is 0.895. The number of carbonyl (C=O) groups is 1. The van der Waals surface area contributed by atoms with Crippen molar-refractivity contribution in [2.45, 2.75) is 54.4 Å². The van der Waals surface area contributed by atoms with Crippen molar-refractivity contribution in [2.75, 3.05) is 13.4 Å². The molecule has 0 N–H and O–H groups in total. The number of benzene rings is 1. The first-order chi connectivity index (χ1) is 13.6. The van der Waals surface area contributed by atoms with E-state index in [4.69, 9.17) is 14.2 Å². The Morgan fingerprint density at radius 1 is 1.21 bits per heavy atom. The molecule has 0 bridgehead atoms. The second kappa shape index (κ2) is 8.43. The maximum absolute atomic E-state index is 13.1. The van der Waals surface area contributed by atoms with Crippen LogP contribution >= 0.6 is 0 Å². The van der Waals surface area contributed by atoms with Gasteiger partial charge in [-0.2, -0.15) is 9.67 Å². The quantitative estimate of drug-likeness (QED) is 0.663.